The number of hydrogen-bond donors (Lipinski definition) is 0. The molecule has 1 heterocycles. The van der Waals surface area contributed by atoms with Crippen molar-refractivity contribution in [3.05, 3.63) is 33.7 Å². The van der Waals surface area contributed by atoms with Crippen molar-refractivity contribution in [2.24, 2.45) is 0 Å². The fourth-order valence-electron chi connectivity index (χ4n) is 3.25. The van der Waals surface area contributed by atoms with Crippen LogP contribution in [0, 0.1) is 0 Å². The van der Waals surface area contributed by atoms with E-state index in [0.717, 1.165) is 22.4 Å². The summed E-state index contributed by atoms with van der Waals surface area (Å²) >= 11 is 1.49. The molecule has 0 radical (unpaired) electrons. The van der Waals surface area contributed by atoms with Crippen LogP contribution >= 0.6 is 11.8 Å². The monoisotopic (exact) mass is 433 g/mol. The number of rotatable bonds is 7. The van der Waals surface area contributed by atoms with Crippen LogP contribution in [0.4, 0.5) is 0 Å². The second-order valence-electron chi connectivity index (χ2n) is 7.82. The van der Waals surface area contributed by atoms with Gasteiger partial charge in [0.25, 0.3) is 5.91 Å². The zero-order valence-electron chi connectivity index (χ0n) is 18.6. The summed E-state index contributed by atoms with van der Waals surface area (Å²) in [4.78, 5) is 38.5. The van der Waals surface area contributed by atoms with Gasteiger partial charge in [0, 0.05) is 19.2 Å². The number of esters is 2. The molecule has 1 amide bonds. The SMILES string of the molecule is CCOC(=O)CN1CCSC(=Cc2cc(C(C)C)c(OC(C)=O)c(C(C)C)c2)C1=O. The molecule has 0 spiro atoms. The van der Waals surface area contributed by atoms with Gasteiger partial charge in [-0.15, -0.1) is 11.8 Å². The molecule has 0 atom stereocenters. The van der Waals surface area contributed by atoms with E-state index < -0.39 is 5.97 Å². The third kappa shape index (κ3) is 6.11. The Balaban J connectivity index is 2.42. The molecule has 1 saturated heterocycles. The quantitative estimate of drug-likeness (QED) is 0.362. The fourth-order valence-corrected chi connectivity index (χ4v) is 4.26. The van der Waals surface area contributed by atoms with E-state index in [1.54, 1.807) is 6.92 Å². The van der Waals surface area contributed by atoms with Gasteiger partial charge in [0.1, 0.15) is 12.3 Å². The number of carbonyl (C=O) groups is 3. The predicted octanol–water partition coefficient (Wildman–Crippen LogP) is 4.34. The van der Waals surface area contributed by atoms with Crippen LogP contribution in [-0.4, -0.2) is 48.2 Å². The lowest BCUT2D eigenvalue weighted by Crippen LogP contribution is -2.41. The molecule has 7 heteroatoms. The molecule has 0 aliphatic carbocycles. The van der Waals surface area contributed by atoms with E-state index in [9.17, 15) is 14.4 Å². The van der Waals surface area contributed by atoms with Crippen molar-refractivity contribution in [1.29, 1.82) is 0 Å². The van der Waals surface area contributed by atoms with E-state index in [-0.39, 0.29) is 30.3 Å². The zero-order chi connectivity index (χ0) is 22.4. The van der Waals surface area contributed by atoms with Gasteiger partial charge in [-0.3, -0.25) is 14.4 Å². The number of thioether (sulfide) groups is 1. The summed E-state index contributed by atoms with van der Waals surface area (Å²) in [5, 5.41) is 0. The van der Waals surface area contributed by atoms with Gasteiger partial charge < -0.3 is 14.4 Å². The molecule has 1 aromatic rings. The van der Waals surface area contributed by atoms with Gasteiger partial charge in [0.2, 0.25) is 0 Å². The maximum atomic E-state index is 12.9. The summed E-state index contributed by atoms with van der Waals surface area (Å²) in [5.74, 6) is 0.707. The summed E-state index contributed by atoms with van der Waals surface area (Å²) in [7, 11) is 0. The molecular formula is C23H31NO5S. The van der Waals surface area contributed by atoms with E-state index in [0.29, 0.717) is 23.8 Å². The molecule has 1 aromatic carbocycles. The van der Waals surface area contributed by atoms with E-state index in [2.05, 4.69) is 0 Å². The van der Waals surface area contributed by atoms with Gasteiger partial charge in [-0.2, -0.15) is 0 Å². The van der Waals surface area contributed by atoms with Gasteiger partial charge in [-0.25, -0.2) is 0 Å². The van der Waals surface area contributed by atoms with Gasteiger partial charge in [-0.05, 0) is 53.7 Å². The maximum Gasteiger partial charge on any atom is 0.325 e. The van der Waals surface area contributed by atoms with Gasteiger partial charge >= 0.3 is 11.9 Å². The molecule has 164 valence electrons. The highest BCUT2D eigenvalue weighted by Crippen LogP contribution is 2.37. The minimum Gasteiger partial charge on any atom is -0.465 e. The normalized spacial score (nSPS) is 15.8. The number of benzene rings is 1. The average molecular weight is 434 g/mol. The number of ether oxygens (including phenoxy) is 2. The number of carbonyl (C=O) groups excluding carboxylic acids is 3. The minimum atomic E-state index is -0.396. The Morgan fingerprint density at radius 2 is 1.77 bits per heavy atom. The molecule has 0 unspecified atom stereocenters. The first-order chi connectivity index (χ1) is 14.1. The third-order valence-electron chi connectivity index (χ3n) is 4.70. The van der Waals surface area contributed by atoms with Crippen molar-refractivity contribution in [2.45, 2.75) is 53.4 Å². The Morgan fingerprint density at radius 1 is 1.17 bits per heavy atom. The summed E-state index contributed by atoms with van der Waals surface area (Å²) < 4.78 is 10.5. The molecule has 30 heavy (non-hydrogen) atoms. The van der Waals surface area contributed by atoms with E-state index in [1.165, 1.54) is 23.6 Å². The second kappa shape index (κ2) is 10.7. The van der Waals surface area contributed by atoms with E-state index in [4.69, 9.17) is 9.47 Å². The lowest BCUT2D eigenvalue weighted by Gasteiger charge is -2.27. The van der Waals surface area contributed by atoms with Crippen molar-refractivity contribution < 1.29 is 23.9 Å². The maximum absolute atomic E-state index is 12.9. The summed E-state index contributed by atoms with van der Waals surface area (Å²) in [5.41, 5.74) is 2.74. The molecule has 0 aromatic heterocycles. The first-order valence-corrected chi connectivity index (χ1v) is 11.3. The second-order valence-corrected chi connectivity index (χ2v) is 8.96. The Kier molecular flexibility index (Phi) is 8.53. The van der Waals surface area contributed by atoms with Crippen molar-refractivity contribution in [1.82, 2.24) is 4.90 Å². The number of hydrogen-bond acceptors (Lipinski definition) is 6. The zero-order valence-corrected chi connectivity index (χ0v) is 19.4. The summed E-state index contributed by atoms with van der Waals surface area (Å²) in [6, 6.07) is 3.94. The van der Waals surface area contributed by atoms with Gasteiger partial charge in [0.05, 0.1) is 11.5 Å². The first-order valence-electron chi connectivity index (χ1n) is 10.3. The van der Waals surface area contributed by atoms with E-state index >= 15 is 0 Å². The molecule has 0 bridgehead atoms. The van der Waals surface area contributed by atoms with Crippen LogP contribution in [0.15, 0.2) is 17.0 Å². The topological polar surface area (TPSA) is 72.9 Å². The van der Waals surface area contributed by atoms with Crippen LogP contribution in [-0.2, 0) is 19.1 Å². The highest BCUT2D eigenvalue weighted by molar-refractivity contribution is 8.04. The average Bonchev–Trinajstić information content (AvgIpc) is 2.65. The number of nitrogens with zero attached hydrogens (tertiary/aromatic N) is 1. The van der Waals surface area contributed by atoms with Crippen LogP contribution < -0.4 is 4.74 Å². The van der Waals surface area contributed by atoms with Crippen LogP contribution in [0.1, 0.15) is 70.1 Å². The molecule has 1 fully saturated rings. The molecule has 1 aliphatic heterocycles. The van der Waals surface area contributed by atoms with Crippen molar-refractivity contribution >= 4 is 35.7 Å². The molecule has 1 aliphatic rings. The number of amides is 1. The fraction of sp³-hybridized carbons (Fsp3) is 0.522. The predicted molar refractivity (Wildman–Crippen MR) is 120 cm³/mol. The van der Waals surface area contributed by atoms with Crippen molar-refractivity contribution in [3.8, 4) is 5.75 Å². The third-order valence-corrected chi connectivity index (χ3v) is 5.69. The van der Waals surface area contributed by atoms with Gasteiger partial charge in [-0.1, -0.05) is 27.7 Å². The summed E-state index contributed by atoms with van der Waals surface area (Å²) in [6.45, 7) is 12.1. The van der Waals surface area contributed by atoms with Crippen LogP contribution in [0.25, 0.3) is 6.08 Å². The Bertz CT molecular complexity index is 815. The molecule has 0 N–H and O–H groups in total. The molecule has 0 saturated carbocycles. The first kappa shape index (κ1) is 24.0. The molecule has 2 rings (SSSR count). The lowest BCUT2D eigenvalue weighted by molar-refractivity contribution is -0.147. The Hall–Kier alpha value is -2.28. The van der Waals surface area contributed by atoms with E-state index in [1.807, 2.05) is 45.9 Å². The highest BCUT2D eigenvalue weighted by Gasteiger charge is 2.26. The highest BCUT2D eigenvalue weighted by atomic mass is 32.2. The largest absolute Gasteiger partial charge is 0.465 e. The lowest BCUT2D eigenvalue weighted by atomic mass is 9.91. The van der Waals surface area contributed by atoms with Crippen LogP contribution in [0.5, 0.6) is 5.75 Å². The minimum absolute atomic E-state index is 0.0373. The van der Waals surface area contributed by atoms with Crippen molar-refractivity contribution in [2.75, 3.05) is 25.4 Å². The van der Waals surface area contributed by atoms with Crippen LogP contribution in [0.2, 0.25) is 0 Å². The van der Waals surface area contributed by atoms with Crippen LogP contribution in [0.3, 0.4) is 0 Å². The van der Waals surface area contributed by atoms with Gasteiger partial charge in [0.15, 0.2) is 0 Å². The summed E-state index contributed by atoms with van der Waals surface area (Å²) in [6.07, 6.45) is 1.86. The smallest absolute Gasteiger partial charge is 0.325 e. The Labute approximate surface area is 183 Å². The Morgan fingerprint density at radius 3 is 2.27 bits per heavy atom. The van der Waals surface area contributed by atoms with Crippen molar-refractivity contribution in [3.63, 3.8) is 0 Å². The molecular weight excluding hydrogens is 402 g/mol. The molecule has 6 nitrogen and oxygen atoms in total. The standard InChI is InChI=1S/C23H31NO5S/c1-7-28-21(26)13-24-8-9-30-20(23(24)27)12-17-10-18(14(2)3)22(29-16(6)25)19(11-17)15(4)5/h10-12,14-15H,7-9,13H2,1-6H3.